The van der Waals surface area contributed by atoms with Crippen molar-refractivity contribution < 1.29 is 9.53 Å². The summed E-state index contributed by atoms with van der Waals surface area (Å²) in [6, 6.07) is 12.0. The van der Waals surface area contributed by atoms with Crippen LogP contribution in [0.4, 0.5) is 0 Å². The van der Waals surface area contributed by atoms with E-state index >= 15 is 0 Å². The second-order valence-corrected chi connectivity index (χ2v) is 5.56. The van der Waals surface area contributed by atoms with Crippen molar-refractivity contribution in [3.63, 3.8) is 0 Å². The summed E-state index contributed by atoms with van der Waals surface area (Å²) >= 11 is 0. The van der Waals surface area contributed by atoms with Gasteiger partial charge >= 0.3 is 5.97 Å². The van der Waals surface area contributed by atoms with Gasteiger partial charge in [0.15, 0.2) is 0 Å². The summed E-state index contributed by atoms with van der Waals surface area (Å²) in [5.74, 6) is 0.162. The highest BCUT2D eigenvalue weighted by Gasteiger charge is 2.34. The molecule has 2 atom stereocenters. The molecule has 1 aliphatic rings. The van der Waals surface area contributed by atoms with Gasteiger partial charge < -0.3 is 4.74 Å². The fourth-order valence-electron chi connectivity index (χ4n) is 2.57. The molecule has 0 aromatic heterocycles. The third kappa shape index (κ3) is 3.37. The van der Waals surface area contributed by atoms with Crippen LogP contribution in [0.15, 0.2) is 30.3 Å². The minimum atomic E-state index is -0.256. The Bertz CT molecular complexity index is 493. The van der Waals surface area contributed by atoms with Crippen LogP contribution in [0.3, 0.4) is 0 Å². The number of hydrogen-bond acceptors (Lipinski definition) is 4. The number of esters is 1. The zero-order valence-electron chi connectivity index (χ0n) is 12.0. The molecule has 0 amide bonds. The van der Waals surface area contributed by atoms with Gasteiger partial charge in [0.2, 0.25) is 0 Å². The number of nitriles is 1. The van der Waals surface area contributed by atoms with Crippen molar-refractivity contribution in [1.82, 2.24) is 4.90 Å². The van der Waals surface area contributed by atoms with Crippen molar-refractivity contribution in [2.45, 2.75) is 32.4 Å². The summed E-state index contributed by atoms with van der Waals surface area (Å²) in [6.07, 6.45) is 0.757. The van der Waals surface area contributed by atoms with E-state index in [-0.39, 0.29) is 24.6 Å². The molecule has 1 heterocycles. The van der Waals surface area contributed by atoms with E-state index in [1.54, 1.807) is 0 Å². The smallest absolute Gasteiger partial charge is 0.320 e. The lowest BCUT2D eigenvalue weighted by atomic mass is 9.98. The molecule has 0 saturated carbocycles. The summed E-state index contributed by atoms with van der Waals surface area (Å²) in [5.41, 5.74) is 1.09. The van der Waals surface area contributed by atoms with Crippen molar-refractivity contribution >= 4 is 5.97 Å². The van der Waals surface area contributed by atoms with Gasteiger partial charge in [0.25, 0.3) is 0 Å². The Hall–Kier alpha value is -1.86. The highest BCUT2D eigenvalue weighted by Crippen LogP contribution is 2.28. The second-order valence-electron chi connectivity index (χ2n) is 5.56. The molecule has 0 bridgehead atoms. The van der Waals surface area contributed by atoms with Crippen molar-refractivity contribution in [2.75, 3.05) is 13.2 Å². The lowest BCUT2D eigenvalue weighted by molar-refractivity contribution is -0.156. The van der Waals surface area contributed by atoms with E-state index in [2.05, 4.69) is 19.9 Å². The molecule has 1 fully saturated rings. The normalized spacial score (nSPS) is 21.3. The molecule has 1 aliphatic heterocycles. The molecule has 106 valence electrons. The molecule has 20 heavy (non-hydrogen) atoms. The van der Waals surface area contributed by atoms with E-state index in [0.29, 0.717) is 12.5 Å². The lowest BCUT2D eigenvalue weighted by Crippen LogP contribution is -2.47. The Balaban J connectivity index is 2.24. The standard InChI is InChI=1S/C16H20N2O2/c1-12(2)8-14(9-17)18-10-16(19)20-11-15(18)13-6-4-3-5-7-13/h3-7,12,14-15H,8,10-11H2,1-2H3/t14-,15-/m1/s1. The Morgan fingerprint density at radius 1 is 1.40 bits per heavy atom. The number of ether oxygens (including phenoxy) is 1. The average Bonchev–Trinajstić information content (AvgIpc) is 2.45. The van der Waals surface area contributed by atoms with E-state index in [1.165, 1.54) is 0 Å². The molecular formula is C16H20N2O2. The van der Waals surface area contributed by atoms with Gasteiger partial charge in [-0.15, -0.1) is 0 Å². The molecule has 1 saturated heterocycles. The van der Waals surface area contributed by atoms with Gasteiger partial charge in [0.05, 0.1) is 24.7 Å². The quantitative estimate of drug-likeness (QED) is 0.790. The minimum Gasteiger partial charge on any atom is -0.463 e. The van der Waals surface area contributed by atoms with Crippen molar-refractivity contribution in [3.8, 4) is 6.07 Å². The van der Waals surface area contributed by atoms with E-state index in [9.17, 15) is 10.1 Å². The number of rotatable bonds is 4. The molecule has 0 N–H and O–H groups in total. The molecule has 1 aromatic rings. The van der Waals surface area contributed by atoms with Gasteiger partial charge in [-0.3, -0.25) is 9.69 Å². The van der Waals surface area contributed by atoms with Crippen molar-refractivity contribution in [1.29, 1.82) is 5.26 Å². The van der Waals surface area contributed by atoms with Crippen molar-refractivity contribution in [2.24, 2.45) is 5.92 Å². The maximum Gasteiger partial charge on any atom is 0.320 e. The molecule has 4 heteroatoms. The summed E-state index contributed by atoms with van der Waals surface area (Å²) in [7, 11) is 0. The number of carbonyl (C=O) groups excluding carboxylic acids is 1. The fourth-order valence-corrected chi connectivity index (χ4v) is 2.57. The summed E-state index contributed by atoms with van der Waals surface area (Å²) in [4.78, 5) is 13.6. The van der Waals surface area contributed by atoms with Crippen LogP contribution in [0, 0.1) is 17.2 Å². The van der Waals surface area contributed by atoms with Crippen LogP contribution in [-0.4, -0.2) is 30.1 Å². The molecular weight excluding hydrogens is 252 g/mol. The maximum absolute atomic E-state index is 11.6. The van der Waals surface area contributed by atoms with Crippen LogP contribution in [0.1, 0.15) is 31.9 Å². The van der Waals surface area contributed by atoms with Crippen LogP contribution < -0.4 is 0 Å². The molecule has 1 aromatic carbocycles. The Morgan fingerprint density at radius 3 is 2.70 bits per heavy atom. The minimum absolute atomic E-state index is 0.0303. The monoisotopic (exact) mass is 272 g/mol. The number of carbonyl (C=O) groups is 1. The topological polar surface area (TPSA) is 53.3 Å². The summed E-state index contributed by atoms with van der Waals surface area (Å²) in [5, 5.41) is 9.43. The Morgan fingerprint density at radius 2 is 2.10 bits per heavy atom. The Labute approximate surface area is 120 Å². The zero-order chi connectivity index (χ0) is 14.5. The first-order valence-corrected chi connectivity index (χ1v) is 6.97. The van der Waals surface area contributed by atoms with Gasteiger partial charge in [0.1, 0.15) is 6.61 Å². The number of nitrogens with zero attached hydrogens (tertiary/aromatic N) is 2. The van der Waals surface area contributed by atoms with Crippen LogP contribution in [0.5, 0.6) is 0 Å². The lowest BCUT2D eigenvalue weighted by Gasteiger charge is -2.38. The first-order valence-electron chi connectivity index (χ1n) is 6.97. The third-order valence-electron chi connectivity index (χ3n) is 3.54. The molecule has 0 aliphatic carbocycles. The SMILES string of the molecule is CC(C)C[C@H](C#N)N1CC(=O)OC[C@@H]1c1ccccc1. The third-order valence-corrected chi connectivity index (χ3v) is 3.54. The first-order chi connectivity index (χ1) is 9.61. The van der Waals surface area contributed by atoms with Gasteiger partial charge in [-0.05, 0) is 17.9 Å². The predicted octanol–water partition coefficient (Wildman–Crippen LogP) is 2.52. The highest BCUT2D eigenvalue weighted by atomic mass is 16.5. The predicted molar refractivity (Wildman–Crippen MR) is 75.7 cm³/mol. The molecule has 0 unspecified atom stereocenters. The number of hydrogen-bond donors (Lipinski definition) is 0. The molecule has 0 spiro atoms. The number of cyclic esters (lactones) is 1. The van der Waals surface area contributed by atoms with E-state index in [4.69, 9.17) is 4.74 Å². The molecule has 0 radical (unpaired) electrons. The highest BCUT2D eigenvalue weighted by molar-refractivity contribution is 5.72. The zero-order valence-corrected chi connectivity index (χ0v) is 12.0. The van der Waals surface area contributed by atoms with Gasteiger partial charge in [-0.1, -0.05) is 44.2 Å². The summed E-state index contributed by atoms with van der Waals surface area (Å²) in [6.45, 7) is 4.68. The van der Waals surface area contributed by atoms with Crippen LogP contribution in [0.25, 0.3) is 0 Å². The van der Waals surface area contributed by atoms with Crippen molar-refractivity contribution in [3.05, 3.63) is 35.9 Å². The average molecular weight is 272 g/mol. The van der Waals surface area contributed by atoms with E-state index < -0.39 is 0 Å². The number of morpholine rings is 1. The van der Waals surface area contributed by atoms with Crippen LogP contribution in [0.2, 0.25) is 0 Å². The fraction of sp³-hybridized carbons (Fsp3) is 0.500. The summed E-state index contributed by atoms with van der Waals surface area (Å²) < 4.78 is 5.18. The molecule has 4 nitrogen and oxygen atoms in total. The Kier molecular flexibility index (Phi) is 4.75. The second kappa shape index (κ2) is 6.53. The number of benzene rings is 1. The van der Waals surface area contributed by atoms with Gasteiger partial charge in [-0.25, -0.2) is 0 Å². The molecule has 2 rings (SSSR count). The van der Waals surface area contributed by atoms with Crippen LogP contribution >= 0.6 is 0 Å². The maximum atomic E-state index is 11.6. The largest absolute Gasteiger partial charge is 0.463 e. The first kappa shape index (κ1) is 14.5. The van der Waals surface area contributed by atoms with E-state index in [0.717, 1.165) is 12.0 Å². The van der Waals surface area contributed by atoms with Gasteiger partial charge in [-0.2, -0.15) is 5.26 Å². The van der Waals surface area contributed by atoms with E-state index in [1.807, 2.05) is 35.2 Å². The van der Waals surface area contributed by atoms with Gasteiger partial charge in [0, 0.05) is 0 Å². The van der Waals surface area contributed by atoms with Crippen LogP contribution in [-0.2, 0) is 9.53 Å².